The number of nitrogens with zero attached hydrogens (tertiary/aromatic N) is 1. The molecule has 3 aromatic carbocycles. The first-order valence-electron chi connectivity index (χ1n) is 6.26. The Labute approximate surface area is 131 Å². The van der Waals surface area contributed by atoms with Crippen molar-refractivity contribution in [1.82, 2.24) is 0 Å². The number of nitriles is 1. The number of halogens is 1. The summed E-state index contributed by atoms with van der Waals surface area (Å²) in [6.07, 6.45) is 0. The van der Waals surface area contributed by atoms with Crippen molar-refractivity contribution in [3.8, 4) is 11.8 Å². The van der Waals surface area contributed by atoms with Gasteiger partial charge in [0, 0.05) is 9.92 Å². The van der Waals surface area contributed by atoms with Crippen molar-refractivity contribution in [3.05, 3.63) is 65.2 Å². The van der Waals surface area contributed by atoms with Crippen LogP contribution in [0, 0.1) is 11.3 Å². The molecule has 4 heteroatoms. The molecular formula is C17H10ClNOS. The second-order valence-electron chi connectivity index (χ2n) is 4.52. The first-order valence-corrected chi connectivity index (χ1v) is 7.46. The highest BCUT2D eigenvalue weighted by Crippen LogP contribution is 2.40. The molecule has 0 atom stereocenters. The van der Waals surface area contributed by atoms with E-state index in [0.29, 0.717) is 10.6 Å². The van der Waals surface area contributed by atoms with E-state index < -0.39 is 0 Å². The Hall–Kier alpha value is -2.15. The minimum atomic E-state index is 0.229. The number of hydrogen-bond acceptors (Lipinski definition) is 3. The van der Waals surface area contributed by atoms with Crippen LogP contribution in [0.5, 0.6) is 5.75 Å². The predicted octanol–water partition coefficient (Wildman–Crippen LogP) is 5.22. The molecule has 0 heterocycles. The summed E-state index contributed by atoms with van der Waals surface area (Å²) in [6.45, 7) is 0. The highest BCUT2D eigenvalue weighted by atomic mass is 35.5. The molecule has 0 aliphatic heterocycles. The SMILES string of the molecule is N#Cc1ccc2c(Sc3ccc(Cl)cc3)c(O)ccc2c1. The third kappa shape index (κ3) is 2.82. The third-order valence-corrected chi connectivity index (χ3v) is 4.51. The average Bonchev–Trinajstić information content (AvgIpc) is 2.51. The van der Waals surface area contributed by atoms with E-state index >= 15 is 0 Å². The van der Waals surface area contributed by atoms with Crippen LogP contribution in [-0.2, 0) is 0 Å². The second kappa shape index (κ2) is 5.69. The van der Waals surface area contributed by atoms with Gasteiger partial charge >= 0.3 is 0 Å². The Morgan fingerprint density at radius 2 is 1.76 bits per heavy atom. The topological polar surface area (TPSA) is 44.0 Å². The number of aromatic hydroxyl groups is 1. The van der Waals surface area contributed by atoms with E-state index in [9.17, 15) is 5.11 Å². The van der Waals surface area contributed by atoms with E-state index in [1.165, 1.54) is 11.8 Å². The van der Waals surface area contributed by atoms with E-state index in [1.54, 1.807) is 12.1 Å². The molecule has 0 saturated heterocycles. The lowest BCUT2D eigenvalue weighted by Gasteiger charge is -2.09. The molecule has 0 fully saturated rings. The lowest BCUT2D eigenvalue weighted by atomic mass is 10.1. The van der Waals surface area contributed by atoms with Crippen molar-refractivity contribution in [2.75, 3.05) is 0 Å². The number of phenols is 1. The molecule has 0 aliphatic rings. The van der Waals surface area contributed by atoms with Crippen LogP contribution in [0.15, 0.2) is 64.4 Å². The van der Waals surface area contributed by atoms with E-state index in [-0.39, 0.29) is 5.75 Å². The lowest BCUT2D eigenvalue weighted by molar-refractivity contribution is 0.464. The van der Waals surface area contributed by atoms with Gasteiger partial charge in [-0.2, -0.15) is 5.26 Å². The normalized spacial score (nSPS) is 10.5. The molecule has 3 rings (SSSR count). The molecule has 0 bridgehead atoms. The summed E-state index contributed by atoms with van der Waals surface area (Å²) in [5, 5.41) is 21.6. The van der Waals surface area contributed by atoms with Crippen LogP contribution in [0.3, 0.4) is 0 Å². The van der Waals surface area contributed by atoms with Gasteiger partial charge in [0.2, 0.25) is 0 Å². The average molecular weight is 312 g/mol. The van der Waals surface area contributed by atoms with E-state index in [2.05, 4.69) is 6.07 Å². The highest BCUT2D eigenvalue weighted by Gasteiger charge is 2.09. The van der Waals surface area contributed by atoms with E-state index in [0.717, 1.165) is 20.6 Å². The fourth-order valence-corrected chi connectivity index (χ4v) is 3.19. The van der Waals surface area contributed by atoms with E-state index in [1.807, 2.05) is 42.5 Å². The van der Waals surface area contributed by atoms with Crippen LogP contribution in [-0.4, -0.2) is 5.11 Å². The second-order valence-corrected chi connectivity index (χ2v) is 6.04. The smallest absolute Gasteiger partial charge is 0.130 e. The minimum Gasteiger partial charge on any atom is -0.507 e. The molecule has 3 aromatic rings. The predicted molar refractivity (Wildman–Crippen MR) is 85.9 cm³/mol. The van der Waals surface area contributed by atoms with Gasteiger partial charge in [-0.3, -0.25) is 0 Å². The zero-order chi connectivity index (χ0) is 14.8. The highest BCUT2D eigenvalue weighted by molar-refractivity contribution is 7.99. The Kier molecular flexibility index (Phi) is 3.74. The first kappa shape index (κ1) is 13.8. The van der Waals surface area contributed by atoms with E-state index in [4.69, 9.17) is 16.9 Å². The van der Waals surface area contributed by atoms with Gasteiger partial charge in [0.1, 0.15) is 5.75 Å². The number of benzene rings is 3. The van der Waals surface area contributed by atoms with Gasteiger partial charge in [-0.05, 0) is 53.2 Å². The zero-order valence-corrected chi connectivity index (χ0v) is 12.4. The summed E-state index contributed by atoms with van der Waals surface area (Å²) in [6, 6.07) is 18.5. The van der Waals surface area contributed by atoms with Crippen LogP contribution < -0.4 is 0 Å². The number of hydrogen-bond donors (Lipinski definition) is 1. The largest absolute Gasteiger partial charge is 0.507 e. The third-order valence-electron chi connectivity index (χ3n) is 3.11. The fraction of sp³-hybridized carbons (Fsp3) is 0. The molecule has 0 unspecified atom stereocenters. The van der Waals surface area contributed by atoms with Gasteiger partial charge in [-0.15, -0.1) is 0 Å². The van der Waals surface area contributed by atoms with Gasteiger partial charge in [0.05, 0.1) is 16.5 Å². The monoisotopic (exact) mass is 311 g/mol. The molecule has 0 spiro atoms. The standard InChI is InChI=1S/C17H10ClNOS/c18-13-3-5-14(6-4-13)21-17-15-7-1-11(10-19)9-12(15)2-8-16(17)20/h1-9,20H. The molecule has 0 aromatic heterocycles. The molecular weight excluding hydrogens is 302 g/mol. The van der Waals surface area contributed by atoms with Gasteiger partial charge in [-0.1, -0.05) is 35.5 Å². The summed E-state index contributed by atoms with van der Waals surface area (Å²) in [7, 11) is 0. The van der Waals surface area contributed by atoms with Crippen molar-refractivity contribution in [2.45, 2.75) is 9.79 Å². The maximum atomic E-state index is 10.1. The maximum absolute atomic E-state index is 10.1. The zero-order valence-electron chi connectivity index (χ0n) is 10.9. The van der Waals surface area contributed by atoms with Crippen LogP contribution in [0.1, 0.15) is 5.56 Å². The minimum absolute atomic E-state index is 0.229. The fourth-order valence-electron chi connectivity index (χ4n) is 2.09. The Balaban J connectivity index is 2.10. The summed E-state index contributed by atoms with van der Waals surface area (Å²) in [4.78, 5) is 1.77. The molecule has 0 aliphatic carbocycles. The Bertz CT molecular complexity index is 853. The summed E-state index contributed by atoms with van der Waals surface area (Å²) in [5.41, 5.74) is 0.607. The van der Waals surface area contributed by atoms with Crippen LogP contribution >= 0.6 is 23.4 Å². The number of rotatable bonds is 2. The summed E-state index contributed by atoms with van der Waals surface area (Å²) >= 11 is 7.36. The van der Waals surface area contributed by atoms with Gasteiger partial charge in [0.15, 0.2) is 0 Å². The molecule has 0 radical (unpaired) electrons. The van der Waals surface area contributed by atoms with Crippen LogP contribution in [0.2, 0.25) is 5.02 Å². The Morgan fingerprint density at radius 1 is 1.00 bits per heavy atom. The van der Waals surface area contributed by atoms with Crippen molar-refractivity contribution < 1.29 is 5.11 Å². The molecule has 0 saturated carbocycles. The number of fused-ring (bicyclic) bond motifs is 1. The lowest BCUT2D eigenvalue weighted by Crippen LogP contribution is -1.82. The molecule has 21 heavy (non-hydrogen) atoms. The van der Waals surface area contributed by atoms with Crippen molar-refractivity contribution in [3.63, 3.8) is 0 Å². The first-order chi connectivity index (χ1) is 10.2. The maximum Gasteiger partial charge on any atom is 0.130 e. The summed E-state index contributed by atoms with van der Waals surface area (Å²) in [5.74, 6) is 0.229. The number of phenolic OH excluding ortho intramolecular Hbond substituents is 1. The molecule has 2 nitrogen and oxygen atoms in total. The van der Waals surface area contributed by atoms with Crippen LogP contribution in [0.4, 0.5) is 0 Å². The molecule has 102 valence electrons. The summed E-state index contributed by atoms with van der Waals surface area (Å²) < 4.78 is 0. The van der Waals surface area contributed by atoms with Crippen molar-refractivity contribution in [1.29, 1.82) is 5.26 Å². The van der Waals surface area contributed by atoms with Crippen molar-refractivity contribution in [2.24, 2.45) is 0 Å². The van der Waals surface area contributed by atoms with Gasteiger partial charge in [-0.25, -0.2) is 0 Å². The van der Waals surface area contributed by atoms with Crippen LogP contribution in [0.25, 0.3) is 10.8 Å². The van der Waals surface area contributed by atoms with Crippen molar-refractivity contribution >= 4 is 34.1 Å². The quantitative estimate of drug-likeness (QED) is 0.705. The van der Waals surface area contributed by atoms with Gasteiger partial charge < -0.3 is 5.11 Å². The molecule has 1 N–H and O–H groups in total. The molecule has 0 amide bonds. The van der Waals surface area contributed by atoms with Gasteiger partial charge in [0.25, 0.3) is 0 Å². The Morgan fingerprint density at radius 3 is 2.48 bits per heavy atom.